The number of aryl methyl sites for hydroxylation is 1. The second kappa shape index (κ2) is 4.23. The molecule has 8 nitrogen and oxygen atoms in total. The molecule has 2 heterocycles. The molecule has 1 amide bonds. The van der Waals surface area contributed by atoms with Gasteiger partial charge in [0, 0.05) is 0 Å². The van der Waals surface area contributed by atoms with Crippen LogP contribution in [-0.4, -0.2) is 30.9 Å². The molecule has 0 saturated carbocycles. The molecular weight excluding hydrogens is 230 g/mol. The Balaban J connectivity index is 1.94. The van der Waals surface area contributed by atoms with Crippen molar-refractivity contribution in [2.45, 2.75) is 13.5 Å². The van der Waals surface area contributed by atoms with E-state index in [-0.39, 0.29) is 18.4 Å². The van der Waals surface area contributed by atoms with E-state index in [2.05, 4.69) is 25.6 Å². The first-order chi connectivity index (χ1) is 7.63. The van der Waals surface area contributed by atoms with Gasteiger partial charge in [-0.25, -0.2) is 9.67 Å². The molecule has 0 saturated heterocycles. The van der Waals surface area contributed by atoms with E-state index in [1.54, 1.807) is 0 Å². The largest absolute Gasteiger partial charge is 0.367 e. The summed E-state index contributed by atoms with van der Waals surface area (Å²) in [6.07, 6.45) is 1.39. The SMILES string of the molecule is Cc1nnc(NC(=O)Cn2cnc(N)n2)s1. The summed E-state index contributed by atoms with van der Waals surface area (Å²) < 4.78 is 1.35. The number of anilines is 2. The third-order valence-electron chi connectivity index (χ3n) is 1.63. The lowest BCUT2D eigenvalue weighted by Crippen LogP contribution is -2.19. The van der Waals surface area contributed by atoms with Crippen molar-refractivity contribution >= 4 is 28.3 Å². The Hall–Kier alpha value is -2.03. The highest BCUT2D eigenvalue weighted by Crippen LogP contribution is 2.13. The molecule has 0 bridgehead atoms. The standard InChI is InChI=1S/C7H9N7OS/c1-4-11-12-7(16-4)10-5(15)2-14-3-9-6(8)13-14/h3H,2H2,1H3,(H2,8,13)(H,10,12,15). The summed E-state index contributed by atoms with van der Waals surface area (Å²) in [6, 6.07) is 0. The number of carbonyl (C=O) groups excluding carboxylic acids is 1. The van der Waals surface area contributed by atoms with Crippen molar-refractivity contribution in [3.05, 3.63) is 11.3 Å². The molecule has 0 aliphatic heterocycles. The highest BCUT2D eigenvalue weighted by atomic mass is 32.1. The lowest BCUT2D eigenvalue weighted by atomic mass is 10.6. The summed E-state index contributed by atoms with van der Waals surface area (Å²) in [7, 11) is 0. The highest BCUT2D eigenvalue weighted by Gasteiger charge is 2.07. The molecule has 0 spiro atoms. The fourth-order valence-corrected chi connectivity index (χ4v) is 1.65. The molecule has 2 aromatic heterocycles. The van der Waals surface area contributed by atoms with Crippen molar-refractivity contribution in [2.24, 2.45) is 0 Å². The van der Waals surface area contributed by atoms with Crippen molar-refractivity contribution in [2.75, 3.05) is 11.1 Å². The van der Waals surface area contributed by atoms with Crippen LogP contribution in [0.3, 0.4) is 0 Å². The Morgan fingerprint density at radius 1 is 1.62 bits per heavy atom. The van der Waals surface area contributed by atoms with Gasteiger partial charge >= 0.3 is 0 Å². The van der Waals surface area contributed by atoms with E-state index in [1.807, 2.05) is 6.92 Å². The van der Waals surface area contributed by atoms with Gasteiger partial charge in [-0.3, -0.25) is 10.1 Å². The van der Waals surface area contributed by atoms with Crippen molar-refractivity contribution in [3.63, 3.8) is 0 Å². The molecule has 3 N–H and O–H groups in total. The topological polar surface area (TPSA) is 112 Å². The number of nitrogens with zero attached hydrogens (tertiary/aromatic N) is 5. The Kier molecular flexibility index (Phi) is 2.77. The molecule has 0 aliphatic rings. The Bertz CT molecular complexity index is 460. The number of hydrogen-bond acceptors (Lipinski definition) is 7. The van der Waals surface area contributed by atoms with E-state index in [0.29, 0.717) is 5.13 Å². The van der Waals surface area contributed by atoms with Gasteiger partial charge in [0.2, 0.25) is 17.0 Å². The van der Waals surface area contributed by atoms with E-state index < -0.39 is 0 Å². The van der Waals surface area contributed by atoms with Crippen LogP contribution in [0.25, 0.3) is 0 Å². The third-order valence-corrected chi connectivity index (χ3v) is 2.39. The molecule has 0 aromatic carbocycles. The van der Waals surface area contributed by atoms with Crippen LogP contribution in [0.4, 0.5) is 11.1 Å². The molecule has 0 aliphatic carbocycles. The number of carbonyl (C=O) groups is 1. The van der Waals surface area contributed by atoms with Crippen LogP contribution in [0.15, 0.2) is 6.33 Å². The van der Waals surface area contributed by atoms with Gasteiger partial charge in [-0.15, -0.1) is 15.3 Å². The number of nitrogens with one attached hydrogen (secondary N) is 1. The predicted molar refractivity (Wildman–Crippen MR) is 57.7 cm³/mol. The Morgan fingerprint density at radius 3 is 3.00 bits per heavy atom. The molecule has 2 rings (SSSR count). The van der Waals surface area contributed by atoms with E-state index >= 15 is 0 Å². The number of aromatic nitrogens is 5. The molecule has 0 atom stereocenters. The number of amides is 1. The maximum Gasteiger partial charge on any atom is 0.248 e. The lowest BCUT2D eigenvalue weighted by molar-refractivity contribution is -0.116. The van der Waals surface area contributed by atoms with Crippen LogP contribution in [0.1, 0.15) is 5.01 Å². The van der Waals surface area contributed by atoms with Crippen LogP contribution in [0.5, 0.6) is 0 Å². The number of hydrogen-bond donors (Lipinski definition) is 2. The first-order valence-corrected chi connectivity index (χ1v) is 5.20. The van der Waals surface area contributed by atoms with E-state index in [1.165, 1.54) is 22.3 Å². The number of nitrogen functional groups attached to an aromatic ring is 1. The number of nitrogens with two attached hydrogens (primary N) is 1. The van der Waals surface area contributed by atoms with Gasteiger partial charge < -0.3 is 5.73 Å². The van der Waals surface area contributed by atoms with Crippen LogP contribution in [0.2, 0.25) is 0 Å². The average Bonchev–Trinajstić information content (AvgIpc) is 2.76. The van der Waals surface area contributed by atoms with Gasteiger partial charge in [0.15, 0.2) is 0 Å². The normalized spacial score (nSPS) is 10.3. The van der Waals surface area contributed by atoms with E-state index in [0.717, 1.165) is 5.01 Å². The van der Waals surface area contributed by atoms with Crippen LogP contribution >= 0.6 is 11.3 Å². The minimum atomic E-state index is -0.249. The third kappa shape index (κ3) is 2.51. The van der Waals surface area contributed by atoms with E-state index in [4.69, 9.17) is 5.73 Å². The summed E-state index contributed by atoms with van der Waals surface area (Å²) in [6.45, 7) is 1.86. The van der Waals surface area contributed by atoms with Crippen LogP contribution in [-0.2, 0) is 11.3 Å². The first kappa shape index (κ1) is 10.5. The van der Waals surface area contributed by atoms with Gasteiger partial charge in [0.25, 0.3) is 0 Å². The smallest absolute Gasteiger partial charge is 0.248 e. The molecular formula is C7H9N7OS. The van der Waals surface area contributed by atoms with Crippen molar-refractivity contribution in [1.82, 2.24) is 25.0 Å². The fraction of sp³-hybridized carbons (Fsp3) is 0.286. The summed E-state index contributed by atoms with van der Waals surface area (Å²) in [5.74, 6) is -0.111. The first-order valence-electron chi connectivity index (χ1n) is 4.38. The van der Waals surface area contributed by atoms with Crippen molar-refractivity contribution in [3.8, 4) is 0 Å². The van der Waals surface area contributed by atoms with Crippen LogP contribution in [0, 0.1) is 6.92 Å². The monoisotopic (exact) mass is 239 g/mol. The Labute approximate surface area is 94.5 Å². The lowest BCUT2D eigenvalue weighted by Gasteiger charge is -1.99. The second-order valence-electron chi connectivity index (χ2n) is 2.97. The van der Waals surface area contributed by atoms with Gasteiger partial charge in [-0.05, 0) is 6.92 Å². The molecule has 0 unspecified atom stereocenters. The minimum absolute atomic E-state index is 0.0445. The van der Waals surface area contributed by atoms with Crippen molar-refractivity contribution in [1.29, 1.82) is 0 Å². The fourth-order valence-electron chi connectivity index (χ4n) is 1.04. The number of rotatable bonds is 3. The summed E-state index contributed by atoms with van der Waals surface area (Å²) in [4.78, 5) is 15.2. The second-order valence-corrected chi connectivity index (χ2v) is 4.16. The molecule has 84 valence electrons. The minimum Gasteiger partial charge on any atom is -0.367 e. The highest BCUT2D eigenvalue weighted by molar-refractivity contribution is 7.15. The molecule has 9 heteroatoms. The van der Waals surface area contributed by atoms with Gasteiger partial charge in [-0.1, -0.05) is 11.3 Å². The summed E-state index contributed by atoms with van der Waals surface area (Å²) in [5.41, 5.74) is 5.32. The van der Waals surface area contributed by atoms with Gasteiger partial charge in [-0.2, -0.15) is 0 Å². The molecule has 2 aromatic rings. The average molecular weight is 239 g/mol. The summed E-state index contributed by atoms with van der Waals surface area (Å²) in [5, 5.41) is 15.2. The molecule has 16 heavy (non-hydrogen) atoms. The zero-order chi connectivity index (χ0) is 11.5. The quantitative estimate of drug-likeness (QED) is 0.757. The van der Waals surface area contributed by atoms with E-state index in [9.17, 15) is 4.79 Å². The van der Waals surface area contributed by atoms with Crippen molar-refractivity contribution < 1.29 is 4.79 Å². The zero-order valence-corrected chi connectivity index (χ0v) is 9.23. The Morgan fingerprint density at radius 2 is 2.44 bits per heavy atom. The zero-order valence-electron chi connectivity index (χ0n) is 8.41. The van der Waals surface area contributed by atoms with Gasteiger partial charge in [0.1, 0.15) is 17.9 Å². The van der Waals surface area contributed by atoms with Gasteiger partial charge in [0.05, 0.1) is 0 Å². The molecule has 0 radical (unpaired) electrons. The predicted octanol–water partition coefficient (Wildman–Crippen LogP) is -0.341. The molecule has 0 fully saturated rings. The van der Waals surface area contributed by atoms with Crippen LogP contribution < -0.4 is 11.1 Å². The maximum atomic E-state index is 11.5. The summed E-state index contributed by atoms with van der Waals surface area (Å²) >= 11 is 1.31. The maximum absolute atomic E-state index is 11.5.